The first kappa shape index (κ1) is 22.5. The van der Waals surface area contributed by atoms with E-state index in [-0.39, 0.29) is 17.9 Å². The first-order valence-electron chi connectivity index (χ1n) is 11.9. The predicted octanol–water partition coefficient (Wildman–Crippen LogP) is 3.97. The Hall–Kier alpha value is -4.98. The van der Waals surface area contributed by atoms with E-state index in [9.17, 15) is 9.90 Å². The Morgan fingerprint density at radius 2 is 1.76 bits per heavy atom. The van der Waals surface area contributed by atoms with Crippen molar-refractivity contribution in [2.75, 3.05) is 5.73 Å². The summed E-state index contributed by atoms with van der Waals surface area (Å²) in [5.74, 6) is 0.718. The number of fused-ring (bicyclic) bond motifs is 2. The van der Waals surface area contributed by atoms with Crippen molar-refractivity contribution < 1.29 is 9.67 Å². The summed E-state index contributed by atoms with van der Waals surface area (Å²) in [6, 6.07) is 22.2. The number of hydrogen-bond acceptors (Lipinski definition) is 5. The van der Waals surface area contributed by atoms with Gasteiger partial charge in [-0.3, -0.25) is 9.36 Å². The van der Waals surface area contributed by atoms with E-state index in [1.165, 1.54) is 0 Å². The van der Waals surface area contributed by atoms with Crippen LogP contribution in [-0.2, 0) is 6.54 Å². The summed E-state index contributed by atoms with van der Waals surface area (Å²) in [7, 11) is 0. The van der Waals surface area contributed by atoms with Gasteiger partial charge in [0.05, 0.1) is 22.3 Å². The molecule has 0 aliphatic carbocycles. The highest BCUT2D eigenvalue weighted by atomic mass is 16.3. The van der Waals surface area contributed by atoms with Gasteiger partial charge in [0.25, 0.3) is 5.56 Å². The Labute approximate surface area is 212 Å². The topological polar surface area (TPSA) is 103 Å². The molecule has 0 unspecified atom stereocenters. The molecule has 8 heteroatoms. The number of phenolic OH excluding ortho intramolecular Hbond substituents is 1. The van der Waals surface area contributed by atoms with Gasteiger partial charge in [0.2, 0.25) is 5.52 Å². The number of pyridine rings is 1. The van der Waals surface area contributed by atoms with Crippen LogP contribution in [0.3, 0.4) is 0 Å². The Morgan fingerprint density at radius 3 is 2.57 bits per heavy atom. The van der Waals surface area contributed by atoms with Crippen LogP contribution in [0, 0.1) is 13.8 Å². The second-order valence-corrected chi connectivity index (χ2v) is 9.13. The van der Waals surface area contributed by atoms with E-state index in [2.05, 4.69) is 4.98 Å². The standard InChI is InChI=1S/C29H24N6O2/c1-18-7-3-4-12-24(18)35-25(32-23-11-5-8-19(2)26(23)29(35)37)16-33-17-34(20-9-6-10-21(36)15-20)27-22(30)13-14-31-28(27)33/h3-15,17H,16H2,1-2H3,(H2-,30,31,36)/p+1. The van der Waals surface area contributed by atoms with Gasteiger partial charge in [0.15, 0.2) is 12.2 Å². The van der Waals surface area contributed by atoms with Crippen LogP contribution in [0.5, 0.6) is 5.75 Å². The maximum Gasteiger partial charge on any atom is 0.304 e. The third-order valence-electron chi connectivity index (χ3n) is 6.66. The maximum atomic E-state index is 13.9. The summed E-state index contributed by atoms with van der Waals surface area (Å²) in [6.07, 6.45) is 3.53. The summed E-state index contributed by atoms with van der Waals surface area (Å²) < 4.78 is 5.51. The van der Waals surface area contributed by atoms with Gasteiger partial charge in [-0.05, 0) is 55.3 Å². The second-order valence-electron chi connectivity index (χ2n) is 9.13. The van der Waals surface area contributed by atoms with Gasteiger partial charge >= 0.3 is 5.65 Å². The normalized spacial score (nSPS) is 11.4. The van der Waals surface area contributed by atoms with Gasteiger partial charge in [-0.1, -0.05) is 36.4 Å². The zero-order valence-corrected chi connectivity index (χ0v) is 20.5. The van der Waals surface area contributed by atoms with E-state index in [1.54, 1.807) is 35.0 Å². The Balaban J connectivity index is 1.63. The first-order valence-corrected chi connectivity index (χ1v) is 11.9. The molecule has 0 bridgehead atoms. The van der Waals surface area contributed by atoms with Crippen molar-refractivity contribution in [2.24, 2.45) is 0 Å². The third-order valence-corrected chi connectivity index (χ3v) is 6.66. The number of hydrogen-bond donors (Lipinski definition) is 2. The van der Waals surface area contributed by atoms with Crippen LogP contribution in [0.15, 0.2) is 90.1 Å². The molecule has 0 saturated heterocycles. The van der Waals surface area contributed by atoms with Gasteiger partial charge in [0, 0.05) is 6.07 Å². The molecule has 0 amide bonds. The molecule has 0 aliphatic heterocycles. The minimum absolute atomic E-state index is 0.114. The fourth-order valence-electron chi connectivity index (χ4n) is 4.88. The van der Waals surface area contributed by atoms with Gasteiger partial charge in [-0.15, -0.1) is 4.98 Å². The van der Waals surface area contributed by atoms with Crippen molar-refractivity contribution in [1.82, 2.24) is 19.1 Å². The summed E-state index contributed by atoms with van der Waals surface area (Å²) in [6.45, 7) is 4.18. The van der Waals surface area contributed by atoms with E-state index in [0.717, 1.165) is 22.5 Å². The number of nitrogens with zero attached hydrogens (tertiary/aromatic N) is 5. The van der Waals surface area contributed by atoms with Crippen molar-refractivity contribution in [3.05, 3.63) is 113 Å². The largest absolute Gasteiger partial charge is 0.508 e. The summed E-state index contributed by atoms with van der Waals surface area (Å²) in [5.41, 5.74) is 12.2. The highest BCUT2D eigenvalue weighted by molar-refractivity contribution is 5.84. The second kappa shape index (κ2) is 8.60. The van der Waals surface area contributed by atoms with Gasteiger partial charge < -0.3 is 10.8 Å². The number of rotatable bonds is 4. The van der Waals surface area contributed by atoms with E-state index >= 15 is 0 Å². The molecule has 3 N–H and O–H groups in total. The van der Waals surface area contributed by atoms with Crippen molar-refractivity contribution in [2.45, 2.75) is 20.4 Å². The number of aromatic hydroxyl groups is 1. The number of imidazole rings is 1. The fourth-order valence-corrected chi connectivity index (χ4v) is 4.88. The molecule has 0 atom stereocenters. The quantitative estimate of drug-likeness (QED) is 0.365. The lowest BCUT2D eigenvalue weighted by Gasteiger charge is -2.15. The van der Waals surface area contributed by atoms with Crippen LogP contribution in [0.1, 0.15) is 17.0 Å². The Morgan fingerprint density at radius 1 is 0.973 bits per heavy atom. The minimum Gasteiger partial charge on any atom is -0.508 e. The van der Waals surface area contributed by atoms with Crippen LogP contribution in [0.2, 0.25) is 0 Å². The van der Waals surface area contributed by atoms with Crippen LogP contribution in [-0.4, -0.2) is 24.2 Å². The van der Waals surface area contributed by atoms with Crippen LogP contribution >= 0.6 is 0 Å². The van der Waals surface area contributed by atoms with Crippen molar-refractivity contribution in [1.29, 1.82) is 0 Å². The van der Waals surface area contributed by atoms with E-state index < -0.39 is 0 Å². The number of nitrogen functional groups attached to an aromatic ring is 1. The molecule has 37 heavy (non-hydrogen) atoms. The van der Waals surface area contributed by atoms with E-state index in [4.69, 9.17) is 10.7 Å². The molecule has 0 radical (unpaired) electrons. The summed E-state index contributed by atoms with van der Waals surface area (Å²) >= 11 is 0. The molecular formula is C29H25N6O2+. The number of para-hydroxylation sites is 1. The lowest BCUT2D eigenvalue weighted by atomic mass is 10.1. The van der Waals surface area contributed by atoms with Crippen molar-refractivity contribution in [3.63, 3.8) is 0 Å². The van der Waals surface area contributed by atoms with Gasteiger partial charge in [0.1, 0.15) is 24.2 Å². The minimum atomic E-state index is -0.114. The Kier molecular flexibility index (Phi) is 5.22. The molecule has 182 valence electrons. The molecule has 0 fully saturated rings. The summed E-state index contributed by atoms with van der Waals surface area (Å²) in [5, 5.41) is 10.7. The lowest BCUT2D eigenvalue weighted by Crippen LogP contribution is -2.38. The van der Waals surface area contributed by atoms with Crippen molar-refractivity contribution >= 4 is 27.8 Å². The highest BCUT2D eigenvalue weighted by Crippen LogP contribution is 2.24. The Bertz CT molecular complexity index is 1890. The average Bonchev–Trinajstić information content (AvgIpc) is 3.25. The number of anilines is 1. The zero-order chi connectivity index (χ0) is 25.7. The zero-order valence-electron chi connectivity index (χ0n) is 20.5. The lowest BCUT2D eigenvalue weighted by molar-refractivity contribution is -0.665. The van der Waals surface area contributed by atoms with Crippen LogP contribution in [0.4, 0.5) is 5.69 Å². The molecule has 3 heterocycles. The maximum absolute atomic E-state index is 13.9. The molecule has 3 aromatic heterocycles. The van der Waals surface area contributed by atoms with E-state index in [1.807, 2.05) is 77.8 Å². The average molecular weight is 490 g/mol. The molecule has 8 nitrogen and oxygen atoms in total. The molecular weight excluding hydrogens is 464 g/mol. The highest BCUT2D eigenvalue weighted by Gasteiger charge is 2.24. The number of aryl methyl sites for hydroxylation is 2. The smallest absolute Gasteiger partial charge is 0.304 e. The fraction of sp³-hybridized carbons (Fsp3) is 0.103. The number of benzene rings is 3. The van der Waals surface area contributed by atoms with Crippen molar-refractivity contribution in [3.8, 4) is 17.1 Å². The number of phenols is 1. The molecule has 6 rings (SSSR count). The molecule has 0 spiro atoms. The summed E-state index contributed by atoms with van der Waals surface area (Å²) in [4.78, 5) is 23.5. The van der Waals surface area contributed by atoms with Gasteiger partial charge in [-0.2, -0.15) is 0 Å². The monoisotopic (exact) mass is 489 g/mol. The molecule has 3 aromatic carbocycles. The third kappa shape index (κ3) is 3.70. The molecule has 0 aliphatic rings. The molecule has 6 aromatic rings. The van der Waals surface area contributed by atoms with Crippen LogP contribution in [0.25, 0.3) is 33.4 Å². The van der Waals surface area contributed by atoms with E-state index in [0.29, 0.717) is 33.6 Å². The van der Waals surface area contributed by atoms with Gasteiger partial charge in [-0.25, -0.2) is 14.1 Å². The predicted molar refractivity (Wildman–Crippen MR) is 143 cm³/mol. The SMILES string of the molecule is Cc1ccccc1-n1c(C[n+]2cn(-c3cccc(O)c3)c3c(N)ccnc32)nc2cccc(C)c2c1=O. The first-order chi connectivity index (χ1) is 17.9. The molecule has 0 saturated carbocycles. The number of aromatic nitrogens is 5. The van der Waals surface area contributed by atoms with Crippen LogP contribution < -0.4 is 15.9 Å². The number of nitrogens with two attached hydrogens (primary N) is 1.